The van der Waals surface area contributed by atoms with Gasteiger partial charge in [-0.25, -0.2) is 9.59 Å². The van der Waals surface area contributed by atoms with Gasteiger partial charge in [-0.1, -0.05) is 101 Å². The molecule has 0 aromatic heterocycles. The van der Waals surface area contributed by atoms with Crippen LogP contribution < -0.4 is 10.2 Å². The molecule has 0 aliphatic heterocycles. The molecule has 0 fully saturated rings. The number of benzene rings is 2. The fraction of sp³-hybridized carbons (Fsp3) is 0.467. The van der Waals surface area contributed by atoms with Gasteiger partial charge in [0, 0.05) is 24.0 Å². The average Bonchev–Trinajstić information content (AvgIpc) is 2.88. The standard InChI is InChI=1S/2C15H20O4.Sr/c2*1-2-3-4-5-6-7-13(16)11-8-9-14(17)12(10-11)15(18)19;/h2*8-10,17H,2-7H2,1H3,(H,18,19);/q;;+2/p-2. The first kappa shape index (κ1) is 36.8. The fourth-order valence-electron chi connectivity index (χ4n) is 3.81. The molecule has 0 atom stereocenters. The molecule has 0 spiro atoms. The van der Waals surface area contributed by atoms with E-state index in [4.69, 9.17) is 10.2 Å². The summed E-state index contributed by atoms with van der Waals surface area (Å²) < 4.78 is 0. The fourth-order valence-corrected chi connectivity index (χ4v) is 3.81. The SMILES string of the molecule is CCCCCCCC(=O)c1ccc([O-])c(C(=O)O)c1.CCCCCCCC(=O)c1ccc([O-])c(C(=O)O)c1.[Sr+2]. The molecule has 0 amide bonds. The van der Waals surface area contributed by atoms with E-state index in [1.807, 2.05) is 0 Å². The van der Waals surface area contributed by atoms with Crippen LogP contribution in [0.15, 0.2) is 36.4 Å². The molecule has 0 unspecified atom stereocenters. The molecule has 0 saturated carbocycles. The molecule has 2 aromatic carbocycles. The van der Waals surface area contributed by atoms with Crippen molar-refractivity contribution < 1.29 is 39.6 Å². The summed E-state index contributed by atoms with van der Waals surface area (Å²) in [4.78, 5) is 45.4. The molecule has 0 aliphatic carbocycles. The summed E-state index contributed by atoms with van der Waals surface area (Å²) >= 11 is 0. The van der Waals surface area contributed by atoms with Crippen molar-refractivity contribution in [3.8, 4) is 11.5 Å². The Bertz CT molecular complexity index is 995. The summed E-state index contributed by atoms with van der Waals surface area (Å²) in [6, 6.07) is 7.46. The minimum absolute atomic E-state index is 0. The quantitative estimate of drug-likeness (QED) is 0.140. The third-order valence-corrected chi connectivity index (χ3v) is 6.08. The summed E-state index contributed by atoms with van der Waals surface area (Å²) in [5.41, 5.74) is -0.0475. The van der Waals surface area contributed by atoms with Gasteiger partial charge in [0.1, 0.15) is 0 Å². The van der Waals surface area contributed by atoms with E-state index >= 15 is 0 Å². The summed E-state index contributed by atoms with van der Waals surface area (Å²) in [5.74, 6) is -3.90. The summed E-state index contributed by atoms with van der Waals surface area (Å²) in [6.07, 6.45) is 11.3. The number of aromatic carboxylic acids is 2. The molecular weight excluding hydrogens is 576 g/mol. The van der Waals surface area contributed by atoms with E-state index in [9.17, 15) is 29.4 Å². The molecule has 0 radical (unpaired) electrons. The van der Waals surface area contributed by atoms with E-state index in [1.165, 1.54) is 37.1 Å². The van der Waals surface area contributed by atoms with Gasteiger partial charge in [0.25, 0.3) is 0 Å². The van der Waals surface area contributed by atoms with Crippen molar-refractivity contribution in [1.29, 1.82) is 0 Å². The summed E-state index contributed by atoms with van der Waals surface area (Å²) in [7, 11) is 0. The Hall–Kier alpha value is -2.20. The molecule has 2 rings (SSSR count). The Morgan fingerprint density at radius 2 is 0.923 bits per heavy atom. The zero-order chi connectivity index (χ0) is 28.5. The van der Waals surface area contributed by atoms with Crippen molar-refractivity contribution in [1.82, 2.24) is 0 Å². The second kappa shape index (κ2) is 20.7. The number of carbonyl (C=O) groups excluding carboxylic acids is 2. The van der Waals surface area contributed by atoms with Crippen LogP contribution in [0.25, 0.3) is 0 Å². The maximum absolute atomic E-state index is 11.9. The predicted octanol–water partition coefficient (Wildman–Crippen LogP) is 5.62. The predicted molar refractivity (Wildman–Crippen MR) is 147 cm³/mol. The van der Waals surface area contributed by atoms with E-state index in [2.05, 4.69) is 13.8 Å². The molecule has 9 heteroatoms. The summed E-state index contributed by atoms with van der Waals surface area (Å²) in [6.45, 7) is 4.26. The number of rotatable bonds is 16. The van der Waals surface area contributed by atoms with Gasteiger partial charge in [-0.05, 0) is 25.0 Å². The number of Topliss-reactive ketones (excluding diaryl/α,β-unsaturated/α-hetero) is 2. The van der Waals surface area contributed by atoms with E-state index in [0.717, 1.165) is 63.5 Å². The van der Waals surface area contributed by atoms with Gasteiger partial charge in [0.15, 0.2) is 11.6 Å². The molecule has 0 saturated heterocycles. The van der Waals surface area contributed by atoms with E-state index in [0.29, 0.717) is 24.0 Å². The van der Waals surface area contributed by atoms with Gasteiger partial charge >= 0.3 is 57.4 Å². The number of carboxylic acid groups (broad SMARTS) is 2. The van der Waals surface area contributed by atoms with Crippen LogP contribution in [-0.2, 0) is 0 Å². The first-order chi connectivity index (χ1) is 18.1. The maximum Gasteiger partial charge on any atom is 2.00 e. The normalized spacial score (nSPS) is 10.1. The monoisotopic (exact) mass is 614 g/mol. The molecular formula is C30H38O8Sr. The Morgan fingerprint density at radius 3 is 1.23 bits per heavy atom. The van der Waals surface area contributed by atoms with Crippen molar-refractivity contribution in [3.63, 3.8) is 0 Å². The number of carboxylic acids is 2. The molecule has 0 aliphatic rings. The second-order valence-corrected chi connectivity index (χ2v) is 9.21. The minimum Gasteiger partial charge on any atom is -0.872 e. The number of carbonyl (C=O) groups is 4. The molecule has 0 heterocycles. The third-order valence-electron chi connectivity index (χ3n) is 6.08. The van der Waals surface area contributed by atoms with Crippen molar-refractivity contribution in [3.05, 3.63) is 58.7 Å². The van der Waals surface area contributed by atoms with Crippen LogP contribution in [0.3, 0.4) is 0 Å². The van der Waals surface area contributed by atoms with E-state index in [1.54, 1.807) is 0 Å². The van der Waals surface area contributed by atoms with Crippen molar-refractivity contribution >= 4 is 69.0 Å². The van der Waals surface area contributed by atoms with E-state index < -0.39 is 23.4 Å². The van der Waals surface area contributed by atoms with Crippen LogP contribution in [0.5, 0.6) is 11.5 Å². The topological polar surface area (TPSA) is 155 Å². The Morgan fingerprint density at radius 1 is 0.590 bits per heavy atom. The zero-order valence-electron chi connectivity index (χ0n) is 23.0. The molecule has 208 valence electrons. The number of ketones is 2. The molecule has 0 bridgehead atoms. The first-order valence-electron chi connectivity index (χ1n) is 13.3. The minimum atomic E-state index is -1.29. The van der Waals surface area contributed by atoms with Crippen LogP contribution in [0, 0.1) is 0 Å². The number of hydrogen-bond acceptors (Lipinski definition) is 6. The van der Waals surface area contributed by atoms with Crippen LogP contribution in [0.4, 0.5) is 0 Å². The molecule has 39 heavy (non-hydrogen) atoms. The third kappa shape index (κ3) is 14.1. The Balaban J connectivity index is 0.000000722. The van der Waals surface area contributed by atoms with Gasteiger partial charge in [-0.2, -0.15) is 0 Å². The number of unbranched alkanes of at least 4 members (excludes halogenated alkanes) is 8. The van der Waals surface area contributed by atoms with Crippen molar-refractivity contribution in [2.45, 2.75) is 90.9 Å². The average molecular weight is 614 g/mol. The Labute approximate surface area is 267 Å². The smallest absolute Gasteiger partial charge is 0.872 e. The maximum atomic E-state index is 11.9. The number of hydrogen-bond donors (Lipinski definition) is 2. The Kier molecular flexibility index (Phi) is 19.5. The van der Waals surface area contributed by atoms with Gasteiger partial charge in [0.05, 0.1) is 11.1 Å². The molecule has 2 N–H and O–H groups in total. The van der Waals surface area contributed by atoms with Gasteiger partial charge in [0.2, 0.25) is 0 Å². The van der Waals surface area contributed by atoms with Crippen LogP contribution in [0.2, 0.25) is 0 Å². The van der Waals surface area contributed by atoms with Gasteiger partial charge in [-0.15, -0.1) is 0 Å². The van der Waals surface area contributed by atoms with Crippen LogP contribution >= 0.6 is 0 Å². The van der Waals surface area contributed by atoms with Gasteiger partial charge < -0.3 is 20.4 Å². The zero-order valence-corrected chi connectivity index (χ0v) is 26.5. The molecule has 8 nitrogen and oxygen atoms in total. The first-order valence-corrected chi connectivity index (χ1v) is 13.3. The van der Waals surface area contributed by atoms with Crippen molar-refractivity contribution in [2.75, 3.05) is 0 Å². The van der Waals surface area contributed by atoms with Crippen molar-refractivity contribution in [2.24, 2.45) is 0 Å². The van der Waals surface area contributed by atoms with Gasteiger partial charge in [-0.3, -0.25) is 9.59 Å². The van der Waals surface area contributed by atoms with Crippen LogP contribution in [-0.4, -0.2) is 79.2 Å². The van der Waals surface area contributed by atoms with E-state index in [-0.39, 0.29) is 68.2 Å². The largest absolute Gasteiger partial charge is 2.00 e. The summed E-state index contributed by atoms with van der Waals surface area (Å²) in [5, 5.41) is 40.2. The van der Waals surface area contributed by atoms with Crippen LogP contribution in [0.1, 0.15) is 132 Å². The second-order valence-electron chi connectivity index (χ2n) is 9.21. The molecule has 2 aromatic rings.